The molecule has 0 aliphatic carbocycles. The average Bonchev–Trinajstić information content (AvgIpc) is 2.79. The highest BCUT2D eigenvalue weighted by atomic mass is 79.9. The van der Waals surface area contributed by atoms with E-state index in [1.54, 1.807) is 37.4 Å². The summed E-state index contributed by atoms with van der Waals surface area (Å²) in [4.78, 5) is 29.6. The van der Waals surface area contributed by atoms with E-state index in [1.165, 1.54) is 0 Å². The van der Waals surface area contributed by atoms with Gasteiger partial charge >= 0.3 is 5.91 Å². The molecular weight excluding hydrogens is 430 g/mol. The van der Waals surface area contributed by atoms with Gasteiger partial charge in [0.15, 0.2) is 0 Å². The Morgan fingerprint density at radius 2 is 1.83 bits per heavy atom. The van der Waals surface area contributed by atoms with E-state index in [9.17, 15) is 9.59 Å². The highest BCUT2D eigenvalue weighted by molar-refractivity contribution is 9.11. The molecule has 1 aliphatic heterocycles. The Balaban J connectivity index is 1.84. The molecule has 3 rings (SSSR count). The second-order valence-electron chi connectivity index (χ2n) is 4.80. The quantitative estimate of drug-likeness (QED) is 0.677. The summed E-state index contributed by atoms with van der Waals surface area (Å²) in [7, 11) is 1.57. The van der Waals surface area contributed by atoms with Crippen molar-refractivity contribution in [3.8, 4) is 5.75 Å². The van der Waals surface area contributed by atoms with Gasteiger partial charge < -0.3 is 4.74 Å². The minimum absolute atomic E-state index is 0.109. The molecule has 5 nitrogen and oxygen atoms in total. The molecule has 0 saturated carbocycles. The fraction of sp³-hybridized carbons (Fsp3) is 0.125. The minimum Gasteiger partial charge on any atom is -0.496 e. The number of benzene rings is 2. The Morgan fingerprint density at radius 1 is 1.09 bits per heavy atom. The lowest BCUT2D eigenvalue weighted by atomic mass is 10.1. The summed E-state index contributed by atoms with van der Waals surface area (Å²) < 4.78 is 6.85. The van der Waals surface area contributed by atoms with Crippen LogP contribution in [-0.4, -0.2) is 18.8 Å². The first kappa shape index (κ1) is 16.2. The Morgan fingerprint density at radius 3 is 2.57 bits per heavy atom. The zero-order valence-electron chi connectivity index (χ0n) is 12.0. The van der Waals surface area contributed by atoms with Crippen molar-refractivity contribution in [3.63, 3.8) is 0 Å². The van der Waals surface area contributed by atoms with Crippen LogP contribution < -0.4 is 9.80 Å². The first-order chi connectivity index (χ1) is 11.0. The topological polar surface area (TPSA) is 55.8 Å². The van der Waals surface area contributed by atoms with Gasteiger partial charge in [0.2, 0.25) is 0 Å². The van der Waals surface area contributed by atoms with E-state index in [1.807, 2.05) is 6.07 Å². The third-order valence-corrected chi connectivity index (χ3v) is 4.77. The van der Waals surface area contributed by atoms with Gasteiger partial charge in [-0.05, 0) is 45.8 Å². The van der Waals surface area contributed by atoms with Crippen molar-refractivity contribution in [1.82, 2.24) is 0 Å². The number of para-hydroxylation sites is 1. The maximum absolute atomic E-state index is 12.1. The number of methoxy groups -OCH3 is 1. The third-order valence-electron chi connectivity index (χ3n) is 3.42. The smallest absolute Gasteiger partial charge is 0.323 e. The molecule has 2 aromatic rings. The number of hydrogen-bond acceptors (Lipinski definition) is 4. The lowest BCUT2D eigenvalue weighted by Gasteiger charge is -2.17. The molecule has 0 radical (unpaired) electrons. The van der Waals surface area contributed by atoms with Crippen LogP contribution in [-0.2, 0) is 16.2 Å². The molecule has 0 unspecified atom stereocenters. The first-order valence-corrected chi connectivity index (χ1v) is 8.24. The van der Waals surface area contributed by atoms with Crippen molar-refractivity contribution in [2.24, 2.45) is 0 Å². The highest BCUT2D eigenvalue weighted by Crippen LogP contribution is 2.33. The molecule has 1 amide bonds. The van der Waals surface area contributed by atoms with E-state index < -0.39 is 11.7 Å². The Labute approximate surface area is 149 Å². The number of carbonyl (C=O) groups excluding carboxylic acids is 2. The third kappa shape index (κ3) is 2.91. The standard InChI is InChI=1S/C16H11Br2NO4/c1-22-14-6-9(11(17)7-12(14)18)8-23-19-13-5-3-2-4-10(13)15(20)16(19)21/h2-7H,8H2,1H3. The number of fused-ring (bicyclic) bond motifs is 1. The lowest BCUT2D eigenvalue weighted by molar-refractivity contribution is -0.121. The van der Waals surface area contributed by atoms with E-state index in [0.29, 0.717) is 17.0 Å². The average molecular weight is 441 g/mol. The second-order valence-corrected chi connectivity index (χ2v) is 6.51. The van der Waals surface area contributed by atoms with E-state index in [0.717, 1.165) is 19.6 Å². The van der Waals surface area contributed by atoms with Crippen LogP contribution >= 0.6 is 31.9 Å². The maximum Gasteiger partial charge on any atom is 0.323 e. The van der Waals surface area contributed by atoms with Crippen LogP contribution in [0, 0.1) is 0 Å². The van der Waals surface area contributed by atoms with Gasteiger partial charge in [-0.1, -0.05) is 28.1 Å². The molecule has 0 spiro atoms. The molecule has 7 heteroatoms. The fourth-order valence-corrected chi connectivity index (χ4v) is 3.53. The lowest BCUT2D eigenvalue weighted by Crippen LogP contribution is -2.29. The van der Waals surface area contributed by atoms with Crippen molar-refractivity contribution in [3.05, 3.63) is 56.5 Å². The summed E-state index contributed by atoms with van der Waals surface area (Å²) in [6, 6.07) is 10.4. The summed E-state index contributed by atoms with van der Waals surface area (Å²) in [6.45, 7) is 0.109. The Bertz CT molecular complexity index is 807. The van der Waals surface area contributed by atoms with Crippen molar-refractivity contribution >= 4 is 49.2 Å². The zero-order valence-corrected chi connectivity index (χ0v) is 15.2. The monoisotopic (exact) mass is 439 g/mol. The first-order valence-electron chi connectivity index (χ1n) is 6.65. The van der Waals surface area contributed by atoms with Gasteiger partial charge in [-0.15, -0.1) is 0 Å². The number of amides is 1. The van der Waals surface area contributed by atoms with E-state index in [4.69, 9.17) is 9.57 Å². The highest BCUT2D eigenvalue weighted by Gasteiger charge is 2.36. The molecule has 0 aromatic heterocycles. The van der Waals surface area contributed by atoms with E-state index >= 15 is 0 Å². The normalized spacial score (nSPS) is 13.4. The number of rotatable bonds is 4. The number of carbonyl (C=O) groups is 2. The Kier molecular flexibility index (Phi) is 4.52. The van der Waals surface area contributed by atoms with Crippen molar-refractivity contribution in [2.45, 2.75) is 6.61 Å². The van der Waals surface area contributed by atoms with Crippen LogP contribution in [0.3, 0.4) is 0 Å². The van der Waals surface area contributed by atoms with Gasteiger partial charge in [0.05, 0.1) is 22.8 Å². The van der Waals surface area contributed by atoms with Crippen molar-refractivity contribution in [1.29, 1.82) is 0 Å². The van der Waals surface area contributed by atoms with Gasteiger partial charge in [0, 0.05) is 4.47 Å². The molecular formula is C16H11Br2NO4. The van der Waals surface area contributed by atoms with Gasteiger partial charge in [-0.2, -0.15) is 5.06 Å². The number of hydroxylamine groups is 1. The number of hydrogen-bond donors (Lipinski definition) is 0. The molecule has 0 bridgehead atoms. The number of Topliss-reactive ketones (excluding diaryl/α,β-unsaturated/α-hetero) is 1. The van der Waals surface area contributed by atoms with E-state index in [-0.39, 0.29) is 6.61 Å². The Hall–Kier alpha value is -1.70. The molecule has 0 atom stereocenters. The van der Waals surface area contributed by atoms with Gasteiger partial charge in [0.25, 0.3) is 5.78 Å². The van der Waals surface area contributed by atoms with Crippen LogP contribution in [0.15, 0.2) is 45.3 Å². The van der Waals surface area contributed by atoms with Crippen LogP contribution in [0.4, 0.5) is 5.69 Å². The number of ether oxygens (including phenoxy) is 1. The van der Waals surface area contributed by atoms with Crippen LogP contribution in [0.2, 0.25) is 0 Å². The number of ketones is 1. The van der Waals surface area contributed by atoms with Crippen molar-refractivity contribution in [2.75, 3.05) is 12.2 Å². The molecule has 118 valence electrons. The molecule has 1 heterocycles. The molecule has 0 saturated heterocycles. The predicted octanol–water partition coefficient (Wildman–Crippen LogP) is 3.88. The van der Waals surface area contributed by atoms with Gasteiger partial charge in [-0.3, -0.25) is 14.4 Å². The summed E-state index contributed by atoms with van der Waals surface area (Å²) in [6.07, 6.45) is 0. The number of anilines is 1. The maximum atomic E-state index is 12.1. The summed E-state index contributed by atoms with van der Waals surface area (Å²) in [5.74, 6) is -0.601. The zero-order chi connectivity index (χ0) is 16.6. The molecule has 1 aliphatic rings. The van der Waals surface area contributed by atoms with Crippen LogP contribution in [0.1, 0.15) is 15.9 Å². The number of halogens is 2. The molecule has 2 aromatic carbocycles. The van der Waals surface area contributed by atoms with E-state index in [2.05, 4.69) is 31.9 Å². The summed E-state index contributed by atoms with van der Waals surface area (Å²) in [5.41, 5.74) is 1.60. The SMILES string of the molecule is COc1cc(CON2C(=O)C(=O)c3ccccc32)c(Br)cc1Br. The molecule has 23 heavy (non-hydrogen) atoms. The van der Waals surface area contributed by atoms with Gasteiger partial charge in [0.1, 0.15) is 12.4 Å². The van der Waals surface area contributed by atoms with Gasteiger partial charge in [-0.25, -0.2) is 0 Å². The number of nitrogens with zero attached hydrogens (tertiary/aromatic N) is 1. The largest absolute Gasteiger partial charge is 0.496 e. The summed E-state index contributed by atoms with van der Waals surface area (Å²) >= 11 is 6.84. The summed E-state index contributed by atoms with van der Waals surface area (Å²) in [5, 5.41) is 1.04. The van der Waals surface area contributed by atoms with Crippen LogP contribution in [0.5, 0.6) is 5.75 Å². The second kappa shape index (κ2) is 6.43. The molecule has 0 N–H and O–H groups in total. The predicted molar refractivity (Wildman–Crippen MR) is 91.4 cm³/mol. The fourth-order valence-electron chi connectivity index (χ4n) is 2.26. The van der Waals surface area contributed by atoms with Crippen molar-refractivity contribution < 1.29 is 19.2 Å². The van der Waals surface area contributed by atoms with Crippen LogP contribution in [0.25, 0.3) is 0 Å². The minimum atomic E-state index is -0.689. The molecule has 0 fully saturated rings.